The van der Waals surface area contributed by atoms with Crippen molar-refractivity contribution in [3.8, 4) is 0 Å². The Morgan fingerprint density at radius 2 is 2.45 bits per heavy atom. The van der Waals surface area contributed by atoms with Crippen molar-refractivity contribution in [1.29, 1.82) is 0 Å². The summed E-state index contributed by atoms with van der Waals surface area (Å²) in [6.45, 7) is 1.55. The van der Waals surface area contributed by atoms with Crippen LogP contribution in [0.3, 0.4) is 0 Å². The number of anilines is 1. The van der Waals surface area contributed by atoms with E-state index < -0.39 is 0 Å². The van der Waals surface area contributed by atoms with Crippen LogP contribution >= 0.6 is 0 Å². The van der Waals surface area contributed by atoms with Gasteiger partial charge in [-0.25, -0.2) is 0 Å². The summed E-state index contributed by atoms with van der Waals surface area (Å²) in [6, 6.07) is 3.71. The summed E-state index contributed by atoms with van der Waals surface area (Å²) in [6.07, 6.45) is 12.5. The first-order valence-corrected chi connectivity index (χ1v) is 7.33. The number of aromatic nitrogens is 3. The number of pyridine rings is 1. The average molecular weight is 298 g/mol. The first kappa shape index (κ1) is 14.5. The predicted octanol–water partition coefficient (Wildman–Crippen LogP) is 2.11. The van der Waals surface area contributed by atoms with Crippen LogP contribution in [-0.2, 0) is 16.1 Å². The Balaban J connectivity index is 1.53. The molecule has 0 aromatic carbocycles. The maximum absolute atomic E-state index is 11.9. The molecule has 1 aliphatic rings. The molecule has 22 heavy (non-hydrogen) atoms. The first-order chi connectivity index (χ1) is 10.8. The van der Waals surface area contributed by atoms with E-state index in [9.17, 15) is 4.79 Å². The lowest BCUT2D eigenvalue weighted by Crippen LogP contribution is -2.15. The normalized spacial score (nSPS) is 17.9. The molecule has 0 unspecified atom stereocenters. The highest BCUT2D eigenvalue weighted by Crippen LogP contribution is 2.15. The van der Waals surface area contributed by atoms with Crippen LogP contribution in [0.15, 0.2) is 43.0 Å². The van der Waals surface area contributed by atoms with Gasteiger partial charge in [-0.1, -0.05) is 6.07 Å². The molecule has 1 aliphatic heterocycles. The Morgan fingerprint density at radius 1 is 1.50 bits per heavy atom. The Hall–Kier alpha value is -2.47. The van der Waals surface area contributed by atoms with Crippen molar-refractivity contribution in [2.24, 2.45) is 0 Å². The van der Waals surface area contributed by atoms with Crippen molar-refractivity contribution in [3.63, 3.8) is 0 Å². The third-order valence-corrected chi connectivity index (χ3v) is 3.43. The summed E-state index contributed by atoms with van der Waals surface area (Å²) in [7, 11) is 0. The lowest BCUT2D eigenvalue weighted by Gasteiger charge is -2.08. The van der Waals surface area contributed by atoms with Gasteiger partial charge in [0.2, 0.25) is 5.91 Å². The zero-order valence-corrected chi connectivity index (χ0v) is 12.2. The minimum absolute atomic E-state index is 0.194. The highest BCUT2D eigenvalue weighted by atomic mass is 16.5. The Kier molecular flexibility index (Phi) is 4.60. The summed E-state index contributed by atoms with van der Waals surface area (Å²) in [5.41, 5.74) is 1.56. The molecule has 1 saturated heterocycles. The van der Waals surface area contributed by atoms with E-state index in [0.717, 1.165) is 31.6 Å². The summed E-state index contributed by atoms with van der Waals surface area (Å²) in [5.74, 6) is -0.194. The molecule has 1 atom stereocenters. The van der Waals surface area contributed by atoms with Gasteiger partial charge in [0.15, 0.2) is 0 Å². The molecule has 1 fully saturated rings. The molecular formula is C16H18N4O2. The molecule has 3 rings (SSSR count). The van der Waals surface area contributed by atoms with Gasteiger partial charge in [0.05, 0.1) is 24.5 Å². The van der Waals surface area contributed by atoms with E-state index in [1.54, 1.807) is 29.3 Å². The fraction of sp³-hybridized carbons (Fsp3) is 0.312. The Bertz CT molecular complexity index is 645. The smallest absolute Gasteiger partial charge is 0.248 e. The molecule has 0 aliphatic carbocycles. The lowest BCUT2D eigenvalue weighted by atomic mass is 10.2. The fourth-order valence-electron chi connectivity index (χ4n) is 2.36. The lowest BCUT2D eigenvalue weighted by molar-refractivity contribution is -0.111. The van der Waals surface area contributed by atoms with Gasteiger partial charge < -0.3 is 10.1 Å². The van der Waals surface area contributed by atoms with Crippen molar-refractivity contribution in [2.45, 2.75) is 25.5 Å². The van der Waals surface area contributed by atoms with E-state index in [2.05, 4.69) is 15.4 Å². The predicted molar refractivity (Wildman–Crippen MR) is 83.1 cm³/mol. The van der Waals surface area contributed by atoms with Crippen LogP contribution in [-0.4, -0.2) is 33.4 Å². The molecule has 1 amide bonds. The number of nitrogens with zero attached hydrogens (tertiary/aromatic N) is 3. The van der Waals surface area contributed by atoms with Crippen LogP contribution in [0.1, 0.15) is 18.4 Å². The minimum Gasteiger partial charge on any atom is -0.376 e. The minimum atomic E-state index is -0.194. The van der Waals surface area contributed by atoms with Crippen LogP contribution < -0.4 is 5.32 Å². The zero-order valence-electron chi connectivity index (χ0n) is 12.2. The molecule has 3 heterocycles. The van der Waals surface area contributed by atoms with Crippen LogP contribution in [0.2, 0.25) is 0 Å². The van der Waals surface area contributed by atoms with Crippen LogP contribution in [0.4, 0.5) is 5.69 Å². The highest BCUT2D eigenvalue weighted by Gasteiger charge is 2.16. The number of ether oxygens (including phenoxy) is 1. The monoisotopic (exact) mass is 298 g/mol. The number of carbonyl (C=O) groups excluding carboxylic acids is 1. The van der Waals surface area contributed by atoms with Gasteiger partial charge in [-0.15, -0.1) is 0 Å². The quantitative estimate of drug-likeness (QED) is 0.858. The highest BCUT2D eigenvalue weighted by molar-refractivity contribution is 6.01. The molecule has 1 N–H and O–H groups in total. The van der Waals surface area contributed by atoms with Gasteiger partial charge in [-0.2, -0.15) is 5.10 Å². The van der Waals surface area contributed by atoms with Crippen LogP contribution in [0.25, 0.3) is 6.08 Å². The van der Waals surface area contributed by atoms with Gasteiger partial charge in [0, 0.05) is 31.3 Å². The van der Waals surface area contributed by atoms with E-state index in [0.29, 0.717) is 5.69 Å². The molecule has 6 heteroatoms. The summed E-state index contributed by atoms with van der Waals surface area (Å²) < 4.78 is 7.37. The van der Waals surface area contributed by atoms with Crippen LogP contribution in [0.5, 0.6) is 0 Å². The Labute approximate surface area is 128 Å². The molecule has 2 aromatic rings. The van der Waals surface area contributed by atoms with Gasteiger partial charge in [-0.05, 0) is 30.5 Å². The maximum Gasteiger partial charge on any atom is 0.248 e. The van der Waals surface area contributed by atoms with E-state index in [4.69, 9.17) is 4.74 Å². The van der Waals surface area contributed by atoms with Gasteiger partial charge in [0.25, 0.3) is 0 Å². The van der Waals surface area contributed by atoms with Crippen molar-refractivity contribution >= 4 is 17.7 Å². The molecule has 0 saturated carbocycles. The number of carbonyl (C=O) groups is 1. The van der Waals surface area contributed by atoms with Crippen LogP contribution in [0, 0.1) is 0 Å². The van der Waals surface area contributed by atoms with Gasteiger partial charge >= 0.3 is 0 Å². The van der Waals surface area contributed by atoms with E-state index >= 15 is 0 Å². The molecule has 2 aromatic heterocycles. The number of hydrogen-bond acceptors (Lipinski definition) is 4. The molecule has 0 radical (unpaired) electrons. The van der Waals surface area contributed by atoms with Crippen molar-refractivity contribution in [2.75, 3.05) is 11.9 Å². The topological polar surface area (TPSA) is 69.0 Å². The second kappa shape index (κ2) is 7.00. The second-order valence-electron chi connectivity index (χ2n) is 5.20. The summed E-state index contributed by atoms with van der Waals surface area (Å²) in [4.78, 5) is 15.9. The van der Waals surface area contributed by atoms with Gasteiger partial charge in [0.1, 0.15) is 0 Å². The fourth-order valence-corrected chi connectivity index (χ4v) is 2.36. The summed E-state index contributed by atoms with van der Waals surface area (Å²) in [5, 5.41) is 7.03. The average Bonchev–Trinajstić information content (AvgIpc) is 3.19. The van der Waals surface area contributed by atoms with E-state index in [1.165, 1.54) is 6.08 Å². The SMILES string of the molecule is O=C(/C=C\c1cccnc1)Nc1cnn(C[C@H]2CCCO2)c1. The number of amides is 1. The number of nitrogens with one attached hydrogen (secondary N) is 1. The molecule has 6 nitrogen and oxygen atoms in total. The number of hydrogen-bond donors (Lipinski definition) is 1. The third kappa shape index (κ3) is 4.02. The van der Waals surface area contributed by atoms with Gasteiger partial charge in [-0.3, -0.25) is 14.5 Å². The molecule has 0 bridgehead atoms. The molecule has 0 spiro atoms. The van der Waals surface area contributed by atoms with E-state index in [1.807, 2.05) is 18.3 Å². The third-order valence-electron chi connectivity index (χ3n) is 3.43. The first-order valence-electron chi connectivity index (χ1n) is 7.33. The van der Waals surface area contributed by atoms with Crippen molar-refractivity contribution in [3.05, 3.63) is 48.6 Å². The second-order valence-corrected chi connectivity index (χ2v) is 5.20. The maximum atomic E-state index is 11.9. The largest absolute Gasteiger partial charge is 0.376 e. The standard InChI is InChI=1S/C16H18N4O2/c21-16(6-5-13-3-1-7-17-9-13)19-14-10-18-20(11-14)12-15-4-2-8-22-15/h1,3,5-7,9-11,15H,2,4,8,12H2,(H,19,21)/b6-5-/t15-/m1/s1. The molecule has 114 valence electrons. The molecular weight excluding hydrogens is 280 g/mol. The van der Waals surface area contributed by atoms with Crippen molar-refractivity contribution < 1.29 is 9.53 Å². The van der Waals surface area contributed by atoms with Crippen molar-refractivity contribution in [1.82, 2.24) is 14.8 Å². The zero-order chi connectivity index (χ0) is 15.2. The summed E-state index contributed by atoms with van der Waals surface area (Å²) >= 11 is 0. The Morgan fingerprint density at radius 3 is 3.23 bits per heavy atom. The number of rotatable bonds is 5. The van der Waals surface area contributed by atoms with E-state index in [-0.39, 0.29) is 12.0 Å².